The van der Waals surface area contributed by atoms with Crippen LogP contribution >= 0.6 is 35.6 Å². The minimum Gasteiger partial charge on any atom is -0.368 e. The molecule has 2 heterocycles. The van der Waals surface area contributed by atoms with Crippen LogP contribution in [0.2, 0.25) is 5.02 Å². The zero-order valence-electron chi connectivity index (χ0n) is 13.6. The predicted molar refractivity (Wildman–Crippen MR) is 109 cm³/mol. The Hall–Kier alpha value is -1.48. The van der Waals surface area contributed by atoms with E-state index in [0.29, 0.717) is 6.54 Å². The topological polar surface area (TPSA) is 59.6 Å². The summed E-state index contributed by atoms with van der Waals surface area (Å²) >= 11 is 6.08. The number of nitrogens with zero attached hydrogens (tertiary/aromatic N) is 4. The molecule has 0 amide bonds. The number of rotatable bonds is 3. The number of halogens is 2. The number of aromatic amines is 1. The van der Waals surface area contributed by atoms with Crippen LogP contribution in [-0.4, -0.2) is 54.3 Å². The molecule has 0 aliphatic carbocycles. The maximum absolute atomic E-state index is 6.08. The van der Waals surface area contributed by atoms with Gasteiger partial charge in [0.2, 0.25) is 0 Å². The highest BCUT2D eigenvalue weighted by Crippen LogP contribution is 2.20. The number of benzene rings is 1. The highest BCUT2D eigenvalue weighted by molar-refractivity contribution is 14.0. The van der Waals surface area contributed by atoms with Crippen molar-refractivity contribution in [1.82, 2.24) is 20.4 Å². The van der Waals surface area contributed by atoms with Crippen molar-refractivity contribution >= 4 is 47.2 Å². The molecule has 0 radical (unpaired) electrons. The fraction of sp³-hybridized carbons (Fsp3) is 0.375. The number of aromatic nitrogens is 2. The molecule has 3 rings (SSSR count). The van der Waals surface area contributed by atoms with Crippen LogP contribution in [-0.2, 0) is 6.54 Å². The van der Waals surface area contributed by atoms with E-state index in [2.05, 4.69) is 36.4 Å². The Balaban J connectivity index is 0.00000208. The normalized spacial score (nSPS) is 15.2. The lowest BCUT2D eigenvalue weighted by Crippen LogP contribution is -2.52. The number of piperazine rings is 1. The van der Waals surface area contributed by atoms with Crippen molar-refractivity contribution in [2.45, 2.75) is 6.54 Å². The van der Waals surface area contributed by atoms with Gasteiger partial charge in [-0.05, 0) is 24.3 Å². The van der Waals surface area contributed by atoms with Crippen molar-refractivity contribution in [1.29, 1.82) is 0 Å². The summed E-state index contributed by atoms with van der Waals surface area (Å²) in [6.07, 6.45) is 1.75. The summed E-state index contributed by atoms with van der Waals surface area (Å²) in [7, 11) is 1.82. The predicted octanol–water partition coefficient (Wildman–Crippen LogP) is 2.58. The lowest BCUT2D eigenvalue weighted by molar-refractivity contribution is 0.372. The van der Waals surface area contributed by atoms with Gasteiger partial charge in [0.15, 0.2) is 5.96 Å². The molecule has 130 valence electrons. The van der Waals surface area contributed by atoms with Gasteiger partial charge in [-0.15, -0.1) is 24.0 Å². The number of guanidine groups is 1. The van der Waals surface area contributed by atoms with Crippen molar-refractivity contribution in [3.05, 3.63) is 47.2 Å². The average Bonchev–Trinajstić information content (AvgIpc) is 3.09. The number of aliphatic imine (C=N–C) groups is 1. The first-order chi connectivity index (χ1) is 11.3. The number of hydrogen-bond donors (Lipinski definition) is 2. The second-order valence-corrected chi connectivity index (χ2v) is 5.87. The van der Waals surface area contributed by atoms with Gasteiger partial charge in [0.1, 0.15) is 0 Å². The van der Waals surface area contributed by atoms with Crippen LogP contribution in [0.4, 0.5) is 5.69 Å². The summed E-state index contributed by atoms with van der Waals surface area (Å²) in [6, 6.07) is 9.98. The number of anilines is 1. The van der Waals surface area contributed by atoms with E-state index in [9.17, 15) is 0 Å². The molecule has 1 aromatic carbocycles. The summed E-state index contributed by atoms with van der Waals surface area (Å²) in [6.45, 7) is 4.45. The van der Waals surface area contributed by atoms with Crippen LogP contribution < -0.4 is 10.2 Å². The first kappa shape index (κ1) is 18.9. The lowest BCUT2D eigenvalue weighted by atomic mass is 10.2. The molecule has 2 N–H and O–H groups in total. The van der Waals surface area contributed by atoms with Gasteiger partial charge in [-0.2, -0.15) is 5.10 Å². The van der Waals surface area contributed by atoms with Crippen molar-refractivity contribution in [2.24, 2.45) is 4.99 Å². The Labute approximate surface area is 164 Å². The highest BCUT2D eigenvalue weighted by atomic mass is 127. The minimum absolute atomic E-state index is 0. The third-order valence-corrected chi connectivity index (χ3v) is 4.19. The highest BCUT2D eigenvalue weighted by Gasteiger charge is 2.19. The molecule has 0 spiro atoms. The van der Waals surface area contributed by atoms with E-state index in [1.54, 1.807) is 6.20 Å². The Morgan fingerprint density at radius 1 is 1.29 bits per heavy atom. The smallest absolute Gasteiger partial charge is 0.194 e. The molecule has 0 unspecified atom stereocenters. The summed E-state index contributed by atoms with van der Waals surface area (Å²) in [5, 5.41) is 11.0. The fourth-order valence-corrected chi connectivity index (χ4v) is 2.92. The molecule has 1 fully saturated rings. The molecule has 1 aliphatic heterocycles. The van der Waals surface area contributed by atoms with Crippen LogP contribution in [0.1, 0.15) is 5.69 Å². The van der Waals surface area contributed by atoms with Gasteiger partial charge in [0.25, 0.3) is 0 Å². The zero-order chi connectivity index (χ0) is 16.1. The first-order valence-electron chi connectivity index (χ1n) is 7.70. The summed E-state index contributed by atoms with van der Waals surface area (Å²) < 4.78 is 0. The summed E-state index contributed by atoms with van der Waals surface area (Å²) in [5.74, 6) is 0.922. The lowest BCUT2D eigenvalue weighted by Gasteiger charge is -2.37. The monoisotopic (exact) mass is 460 g/mol. The van der Waals surface area contributed by atoms with E-state index in [4.69, 9.17) is 11.6 Å². The van der Waals surface area contributed by atoms with Crippen LogP contribution in [0.25, 0.3) is 0 Å². The van der Waals surface area contributed by atoms with Gasteiger partial charge >= 0.3 is 0 Å². The SMILES string of the molecule is CN=C(NCc1ccn[nH]1)N1CCN(c2cccc(Cl)c2)CC1.I. The molecule has 0 atom stereocenters. The standard InChI is InChI=1S/C16H21ClN6.HI/c1-18-16(19-12-14-5-6-20-21-14)23-9-7-22(8-10-23)15-4-2-3-13(17)11-15;/h2-6,11H,7-10,12H2,1H3,(H,18,19)(H,20,21);1H. The molecule has 1 aliphatic rings. The van der Waals surface area contributed by atoms with Gasteiger partial charge in [0.05, 0.1) is 12.2 Å². The Kier molecular flexibility index (Phi) is 7.16. The summed E-state index contributed by atoms with van der Waals surface area (Å²) in [4.78, 5) is 9.01. The molecule has 1 aromatic heterocycles. The van der Waals surface area contributed by atoms with Gasteiger partial charge in [-0.3, -0.25) is 10.1 Å². The molecule has 0 bridgehead atoms. The third-order valence-electron chi connectivity index (χ3n) is 3.96. The van der Waals surface area contributed by atoms with Crippen LogP contribution in [0.15, 0.2) is 41.5 Å². The van der Waals surface area contributed by atoms with E-state index in [1.165, 1.54) is 5.69 Å². The molecule has 6 nitrogen and oxygen atoms in total. The van der Waals surface area contributed by atoms with Crippen LogP contribution in [0.5, 0.6) is 0 Å². The van der Waals surface area contributed by atoms with Crippen molar-refractivity contribution in [2.75, 3.05) is 38.1 Å². The van der Waals surface area contributed by atoms with Gasteiger partial charge in [0, 0.05) is 50.1 Å². The second kappa shape index (κ2) is 9.12. The molecule has 1 saturated heterocycles. The van der Waals surface area contributed by atoms with E-state index in [1.807, 2.05) is 31.3 Å². The average molecular weight is 461 g/mol. The molecular weight excluding hydrogens is 439 g/mol. The third kappa shape index (κ3) is 4.76. The Bertz CT molecular complexity index is 652. The van der Waals surface area contributed by atoms with Gasteiger partial charge < -0.3 is 15.1 Å². The van der Waals surface area contributed by atoms with E-state index < -0.39 is 0 Å². The van der Waals surface area contributed by atoms with Crippen molar-refractivity contribution < 1.29 is 0 Å². The van der Waals surface area contributed by atoms with E-state index in [0.717, 1.165) is 42.9 Å². The summed E-state index contributed by atoms with van der Waals surface area (Å²) in [5.41, 5.74) is 2.22. The van der Waals surface area contributed by atoms with Gasteiger partial charge in [-0.25, -0.2) is 0 Å². The fourth-order valence-electron chi connectivity index (χ4n) is 2.74. The molecule has 2 aromatic rings. The maximum Gasteiger partial charge on any atom is 0.194 e. The van der Waals surface area contributed by atoms with E-state index >= 15 is 0 Å². The van der Waals surface area contributed by atoms with Gasteiger partial charge in [-0.1, -0.05) is 17.7 Å². The second-order valence-electron chi connectivity index (χ2n) is 5.44. The Morgan fingerprint density at radius 2 is 2.08 bits per heavy atom. The minimum atomic E-state index is 0. The largest absolute Gasteiger partial charge is 0.368 e. The number of H-pyrrole nitrogens is 1. The quantitative estimate of drug-likeness (QED) is 0.420. The number of nitrogens with one attached hydrogen (secondary N) is 2. The van der Waals surface area contributed by atoms with Crippen molar-refractivity contribution in [3.8, 4) is 0 Å². The molecule has 8 heteroatoms. The molecular formula is C16H22ClIN6. The number of hydrogen-bond acceptors (Lipinski definition) is 3. The molecule has 24 heavy (non-hydrogen) atoms. The van der Waals surface area contributed by atoms with E-state index in [-0.39, 0.29) is 24.0 Å². The van der Waals surface area contributed by atoms with Crippen molar-refractivity contribution in [3.63, 3.8) is 0 Å². The zero-order valence-corrected chi connectivity index (χ0v) is 16.7. The van der Waals surface area contributed by atoms with Crippen LogP contribution in [0.3, 0.4) is 0 Å². The Morgan fingerprint density at radius 3 is 2.71 bits per heavy atom. The van der Waals surface area contributed by atoms with Crippen LogP contribution in [0, 0.1) is 0 Å². The molecule has 0 saturated carbocycles. The maximum atomic E-state index is 6.08. The first-order valence-corrected chi connectivity index (χ1v) is 8.08.